The smallest absolute Gasteiger partial charge is 0.303 e. The van der Waals surface area contributed by atoms with Gasteiger partial charge in [0.1, 0.15) is 22.8 Å². The Morgan fingerprint density at radius 1 is 1.22 bits per heavy atom. The molecule has 2 rings (SSSR count). The monoisotopic (exact) mass is 396 g/mol. The van der Waals surface area contributed by atoms with Gasteiger partial charge in [0, 0.05) is 13.0 Å². The number of nitrogens with one attached hydrogen (secondary N) is 1. The Hall–Kier alpha value is -2.41. The van der Waals surface area contributed by atoms with Gasteiger partial charge in [-0.2, -0.15) is 0 Å². The van der Waals surface area contributed by atoms with Crippen LogP contribution in [0.25, 0.3) is 11.3 Å². The standard InChI is InChI=1S/C19H22ClFN2O4/c1-12-16(18(23-27-12)17-13(20)8-7-9-14(17)21)19(26)22-11-6-4-2-3-5-10-15(24)25/h7-9H,2-6,10-11H2,1H3,(H,22,26)(H,24,25). The number of carbonyl (C=O) groups is 2. The molecule has 0 fully saturated rings. The number of benzene rings is 1. The molecule has 1 heterocycles. The summed E-state index contributed by atoms with van der Waals surface area (Å²) in [4.78, 5) is 22.9. The third-order valence-electron chi connectivity index (χ3n) is 4.14. The third-order valence-corrected chi connectivity index (χ3v) is 4.46. The Kier molecular flexibility index (Phi) is 7.79. The molecule has 2 N–H and O–H groups in total. The average molecular weight is 397 g/mol. The van der Waals surface area contributed by atoms with Gasteiger partial charge in [-0.25, -0.2) is 4.39 Å². The van der Waals surface area contributed by atoms with Crippen molar-refractivity contribution in [3.05, 3.63) is 40.4 Å². The molecule has 0 atom stereocenters. The zero-order valence-electron chi connectivity index (χ0n) is 15.1. The number of halogens is 2. The largest absolute Gasteiger partial charge is 0.481 e. The number of aliphatic carboxylic acids is 1. The zero-order valence-corrected chi connectivity index (χ0v) is 15.8. The molecule has 0 bridgehead atoms. The Morgan fingerprint density at radius 3 is 2.63 bits per heavy atom. The SMILES string of the molecule is Cc1onc(-c2c(F)cccc2Cl)c1C(=O)NCCCCCCCC(=O)O. The molecule has 0 aliphatic carbocycles. The lowest BCUT2D eigenvalue weighted by atomic mass is 10.0. The normalized spacial score (nSPS) is 10.8. The van der Waals surface area contributed by atoms with Crippen LogP contribution in [0.15, 0.2) is 22.7 Å². The van der Waals surface area contributed by atoms with E-state index in [1.54, 1.807) is 6.92 Å². The van der Waals surface area contributed by atoms with Crippen LogP contribution in [0.4, 0.5) is 4.39 Å². The summed E-state index contributed by atoms with van der Waals surface area (Å²) in [7, 11) is 0. The molecule has 0 aliphatic rings. The van der Waals surface area contributed by atoms with Crippen molar-refractivity contribution in [2.24, 2.45) is 0 Å². The number of amides is 1. The van der Waals surface area contributed by atoms with Crippen LogP contribution in [-0.4, -0.2) is 28.7 Å². The maximum absolute atomic E-state index is 14.2. The molecule has 0 unspecified atom stereocenters. The van der Waals surface area contributed by atoms with Crippen LogP contribution in [0.5, 0.6) is 0 Å². The van der Waals surface area contributed by atoms with E-state index < -0.39 is 17.7 Å². The lowest BCUT2D eigenvalue weighted by molar-refractivity contribution is -0.137. The third kappa shape index (κ3) is 5.79. The fraction of sp³-hybridized carbons (Fsp3) is 0.421. The number of aromatic nitrogens is 1. The summed E-state index contributed by atoms with van der Waals surface area (Å²) >= 11 is 6.07. The van der Waals surface area contributed by atoms with E-state index in [-0.39, 0.29) is 34.0 Å². The van der Waals surface area contributed by atoms with Gasteiger partial charge in [0.2, 0.25) is 0 Å². The van der Waals surface area contributed by atoms with Crippen LogP contribution in [-0.2, 0) is 4.79 Å². The first-order chi connectivity index (χ1) is 12.9. The highest BCUT2D eigenvalue weighted by Crippen LogP contribution is 2.33. The molecule has 0 aliphatic heterocycles. The van der Waals surface area contributed by atoms with Crippen molar-refractivity contribution in [3.63, 3.8) is 0 Å². The summed E-state index contributed by atoms with van der Waals surface area (Å²) < 4.78 is 19.2. The van der Waals surface area contributed by atoms with Crippen molar-refractivity contribution in [1.82, 2.24) is 10.5 Å². The molecule has 0 saturated heterocycles. The highest BCUT2D eigenvalue weighted by Gasteiger charge is 2.25. The molecule has 1 aromatic heterocycles. The van der Waals surface area contributed by atoms with Crippen LogP contribution >= 0.6 is 11.6 Å². The minimum atomic E-state index is -0.780. The predicted octanol–water partition coefficient (Wildman–Crippen LogP) is 4.60. The second-order valence-corrected chi connectivity index (χ2v) is 6.63. The van der Waals surface area contributed by atoms with Crippen LogP contribution in [0.2, 0.25) is 5.02 Å². The predicted molar refractivity (Wildman–Crippen MR) is 99.3 cm³/mol. The van der Waals surface area contributed by atoms with Crippen LogP contribution in [0.1, 0.15) is 54.6 Å². The first-order valence-corrected chi connectivity index (χ1v) is 9.20. The summed E-state index contributed by atoms with van der Waals surface area (Å²) in [6.45, 7) is 2.04. The van der Waals surface area contributed by atoms with Gasteiger partial charge in [-0.1, -0.05) is 42.1 Å². The van der Waals surface area contributed by atoms with Crippen molar-refractivity contribution in [3.8, 4) is 11.3 Å². The molecule has 1 amide bonds. The van der Waals surface area contributed by atoms with E-state index in [2.05, 4.69) is 10.5 Å². The summed E-state index contributed by atoms with van der Waals surface area (Å²) in [6, 6.07) is 4.25. The summed E-state index contributed by atoms with van der Waals surface area (Å²) in [5, 5.41) is 15.3. The molecule has 0 radical (unpaired) electrons. The number of hydrogen-bond acceptors (Lipinski definition) is 4. The van der Waals surface area contributed by atoms with Crippen LogP contribution in [0.3, 0.4) is 0 Å². The molecule has 1 aromatic carbocycles. The van der Waals surface area contributed by atoms with E-state index in [0.717, 1.165) is 25.7 Å². The Balaban J connectivity index is 1.90. The van der Waals surface area contributed by atoms with Gasteiger partial charge < -0.3 is 14.9 Å². The second kappa shape index (κ2) is 10.1. The maximum Gasteiger partial charge on any atom is 0.303 e. The molecule has 2 aromatic rings. The highest BCUT2D eigenvalue weighted by molar-refractivity contribution is 6.33. The molecule has 27 heavy (non-hydrogen) atoms. The number of rotatable bonds is 10. The number of aryl methyl sites for hydroxylation is 1. The van der Waals surface area contributed by atoms with E-state index in [0.29, 0.717) is 13.0 Å². The lowest BCUT2D eigenvalue weighted by Crippen LogP contribution is -2.25. The topological polar surface area (TPSA) is 92.4 Å². The van der Waals surface area contributed by atoms with Crippen molar-refractivity contribution in [2.75, 3.05) is 6.54 Å². The van der Waals surface area contributed by atoms with Gasteiger partial charge >= 0.3 is 5.97 Å². The molecule has 146 valence electrons. The average Bonchev–Trinajstić information content (AvgIpc) is 2.98. The number of hydrogen-bond donors (Lipinski definition) is 2. The molecule has 8 heteroatoms. The van der Waals surface area contributed by atoms with Crippen molar-refractivity contribution < 1.29 is 23.6 Å². The van der Waals surface area contributed by atoms with E-state index >= 15 is 0 Å². The van der Waals surface area contributed by atoms with E-state index in [1.807, 2.05) is 0 Å². The zero-order chi connectivity index (χ0) is 19.8. The first-order valence-electron chi connectivity index (χ1n) is 8.82. The Labute approximate surface area is 161 Å². The van der Waals surface area contributed by atoms with Crippen molar-refractivity contribution in [1.29, 1.82) is 0 Å². The van der Waals surface area contributed by atoms with E-state index in [4.69, 9.17) is 21.2 Å². The minimum absolute atomic E-state index is 0.0413. The second-order valence-electron chi connectivity index (χ2n) is 6.23. The number of carbonyl (C=O) groups excluding carboxylic acids is 1. The van der Waals surface area contributed by atoms with E-state index in [9.17, 15) is 14.0 Å². The lowest BCUT2D eigenvalue weighted by Gasteiger charge is -2.07. The van der Waals surface area contributed by atoms with Gasteiger partial charge in [0.15, 0.2) is 0 Å². The highest BCUT2D eigenvalue weighted by atomic mass is 35.5. The van der Waals surface area contributed by atoms with Gasteiger partial charge in [0.25, 0.3) is 5.91 Å². The van der Waals surface area contributed by atoms with Crippen LogP contribution in [0, 0.1) is 12.7 Å². The fourth-order valence-corrected chi connectivity index (χ4v) is 3.01. The summed E-state index contributed by atoms with van der Waals surface area (Å²) in [5.41, 5.74) is 0.296. The maximum atomic E-state index is 14.2. The molecular weight excluding hydrogens is 375 g/mol. The molecule has 6 nitrogen and oxygen atoms in total. The quantitative estimate of drug-likeness (QED) is 0.572. The molecule has 0 spiro atoms. The van der Waals surface area contributed by atoms with Gasteiger partial charge in [-0.3, -0.25) is 9.59 Å². The molecule has 0 saturated carbocycles. The van der Waals surface area contributed by atoms with Gasteiger partial charge in [0.05, 0.1) is 10.6 Å². The van der Waals surface area contributed by atoms with Crippen molar-refractivity contribution >= 4 is 23.5 Å². The Morgan fingerprint density at radius 2 is 1.93 bits per heavy atom. The summed E-state index contributed by atoms with van der Waals surface area (Å²) in [6.07, 6.45) is 4.25. The summed E-state index contributed by atoms with van der Waals surface area (Å²) in [5.74, 6) is -1.47. The first kappa shape index (κ1) is 20.9. The van der Waals surface area contributed by atoms with Crippen LogP contribution < -0.4 is 5.32 Å². The number of unbranched alkanes of at least 4 members (excludes halogenated alkanes) is 4. The van der Waals surface area contributed by atoms with E-state index in [1.165, 1.54) is 18.2 Å². The molecular formula is C19H22ClFN2O4. The number of carboxylic acids is 1. The number of carboxylic acid groups (broad SMARTS) is 1. The van der Waals surface area contributed by atoms with Crippen molar-refractivity contribution in [2.45, 2.75) is 45.4 Å². The minimum Gasteiger partial charge on any atom is -0.481 e. The van der Waals surface area contributed by atoms with Gasteiger partial charge in [-0.05, 0) is 31.9 Å². The number of nitrogens with zero attached hydrogens (tertiary/aromatic N) is 1. The van der Waals surface area contributed by atoms with Gasteiger partial charge in [-0.15, -0.1) is 0 Å². The fourth-order valence-electron chi connectivity index (χ4n) is 2.76. The Bertz CT molecular complexity index is 787.